The third kappa shape index (κ3) is 5.24. The van der Waals surface area contributed by atoms with Crippen LogP contribution in [0.3, 0.4) is 0 Å². The van der Waals surface area contributed by atoms with Gasteiger partial charge in [-0.15, -0.1) is 0 Å². The lowest BCUT2D eigenvalue weighted by Gasteiger charge is -2.39. The van der Waals surface area contributed by atoms with Gasteiger partial charge in [0.2, 0.25) is 0 Å². The number of carbonyl (C=O) groups is 1. The van der Waals surface area contributed by atoms with Crippen LogP contribution in [0.4, 0.5) is 10.6 Å². The number of amides is 1. The lowest BCUT2D eigenvalue weighted by molar-refractivity contribution is 0.0673. The van der Waals surface area contributed by atoms with Crippen molar-refractivity contribution in [3.8, 4) is 0 Å². The normalized spacial score (nSPS) is 20.4. The minimum Gasteiger partial charge on any atom is -0.445 e. The number of rotatable bonds is 6. The quantitative estimate of drug-likeness (QED) is 0.409. The van der Waals surface area contributed by atoms with Crippen LogP contribution in [0.25, 0.3) is 11.0 Å². The van der Waals surface area contributed by atoms with E-state index in [0.29, 0.717) is 6.61 Å². The van der Waals surface area contributed by atoms with E-state index in [1.807, 2.05) is 29.3 Å². The van der Waals surface area contributed by atoms with Gasteiger partial charge < -0.3 is 23.9 Å². The molecule has 2 aromatic heterocycles. The summed E-state index contributed by atoms with van der Waals surface area (Å²) in [4.78, 5) is 29.5. The van der Waals surface area contributed by atoms with Crippen LogP contribution < -0.4 is 4.90 Å². The van der Waals surface area contributed by atoms with E-state index >= 15 is 0 Å². The summed E-state index contributed by atoms with van der Waals surface area (Å²) in [6.07, 6.45) is 6.20. The van der Waals surface area contributed by atoms with E-state index in [0.717, 1.165) is 60.3 Å². The van der Waals surface area contributed by atoms with E-state index in [-0.39, 0.29) is 29.8 Å². The minimum absolute atomic E-state index is 0.139. The molecular formula is C28H39N5O3Si. The van der Waals surface area contributed by atoms with Crippen LogP contribution in [-0.4, -0.2) is 59.4 Å². The van der Waals surface area contributed by atoms with E-state index in [2.05, 4.69) is 65.8 Å². The monoisotopic (exact) mass is 521 g/mol. The van der Waals surface area contributed by atoms with Crippen molar-refractivity contribution in [1.29, 1.82) is 0 Å². The van der Waals surface area contributed by atoms with Crippen molar-refractivity contribution in [2.75, 3.05) is 18.0 Å². The maximum atomic E-state index is 13.1. The predicted octanol–water partition coefficient (Wildman–Crippen LogP) is 5.86. The second-order valence-corrected chi connectivity index (χ2v) is 16.6. The van der Waals surface area contributed by atoms with E-state index in [9.17, 15) is 4.79 Å². The third-order valence-electron chi connectivity index (χ3n) is 8.44. The molecule has 37 heavy (non-hydrogen) atoms. The number of piperidine rings is 1. The Balaban J connectivity index is 1.17. The zero-order valence-electron chi connectivity index (χ0n) is 22.7. The smallest absolute Gasteiger partial charge is 0.410 e. The van der Waals surface area contributed by atoms with Crippen molar-refractivity contribution in [3.05, 3.63) is 54.0 Å². The van der Waals surface area contributed by atoms with Gasteiger partial charge in [-0.1, -0.05) is 45.0 Å². The first kappa shape index (κ1) is 25.7. The Labute approximate surface area is 220 Å². The fraction of sp³-hybridized carbons (Fsp3) is 0.536. The fourth-order valence-corrected chi connectivity index (χ4v) is 6.16. The molecule has 2 fully saturated rings. The van der Waals surface area contributed by atoms with Crippen LogP contribution in [-0.2, 0) is 22.4 Å². The number of hydrogen-bond donors (Lipinski definition) is 1. The number of nitrogens with zero attached hydrogens (tertiary/aromatic N) is 4. The second kappa shape index (κ2) is 10.1. The van der Waals surface area contributed by atoms with Crippen LogP contribution in [0.5, 0.6) is 0 Å². The molecule has 1 aromatic carbocycles. The number of aromatic amines is 1. The number of anilines is 1. The average molecular weight is 522 g/mol. The van der Waals surface area contributed by atoms with Crippen molar-refractivity contribution < 1.29 is 14.0 Å². The highest BCUT2D eigenvalue weighted by molar-refractivity contribution is 6.74. The highest BCUT2D eigenvalue weighted by Crippen LogP contribution is 2.38. The van der Waals surface area contributed by atoms with Crippen LogP contribution >= 0.6 is 0 Å². The molecule has 3 aromatic rings. The lowest BCUT2D eigenvalue weighted by atomic mass is 9.97. The lowest BCUT2D eigenvalue weighted by Crippen LogP contribution is -2.52. The predicted molar refractivity (Wildman–Crippen MR) is 148 cm³/mol. The molecule has 0 aliphatic carbocycles. The Kier molecular flexibility index (Phi) is 7.02. The molecule has 9 heteroatoms. The topological polar surface area (TPSA) is 83.6 Å². The van der Waals surface area contributed by atoms with E-state index < -0.39 is 8.32 Å². The van der Waals surface area contributed by atoms with Gasteiger partial charge in [-0.2, -0.15) is 0 Å². The number of fused-ring (bicyclic) bond motifs is 2. The highest BCUT2D eigenvalue weighted by Gasteiger charge is 2.43. The molecule has 1 amide bonds. The number of hydrogen-bond acceptors (Lipinski definition) is 6. The van der Waals surface area contributed by atoms with Gasteiger partial charge in [0.05, 0.1) is 24.1 Å². The Bertz CT molecular complexity index is 1240. The van der Waals surface area contributed by atoms with Crippen LogP contribution in [0, 0.1) is 0 Å². The summed E-state index contributed by atoms with van der Waals surface area (Å²) in [5.74, 6) is 0.951. The number of benzene rings is 1. The van der Waals surface area contributed by atoms with Gasteiger partial charge in [0.1, 0.15) is 24.4 Å². The molecule has 5 rings (SSSR count). The van der Waals surface area contributed by atoms with Gasteiger partial charge >= 0.3 is 6.09 Å². The zero-order chi connectivity index (χ0) is 26.2. The maximum Gasteiger partial charge on any atom is 0.410 e. The molecule has 2 saturated heterocycles. The van der Waals surface area contributed by atoms with E-state index in [1.165, 1.54) is 0 Å². The second-order valence-electron chi connectivity index (χ2n) is 11.8. The molecule has 2 aliphatic heterocycles. The van der Waals surface area contributed by atoms with E-state index in [4.69, 9.17) is 9.16 Å². The maximum absolute atomic E-state index is 13.1. The number of H-pyrrole nitrogens is 1. The molecule has 0 unspecified atom stereocenters. The van der Waals surface area contributed by atoms with Gasteiger partial charge in [0.15, 0.2) is 8.32 Å². The summed E-state index contributed by atoms with van der Waals surface area (Å²) in [5, 5.41) is 1.22. The number of carbonyl (C=O) groups excluding carboxylic acids is 1. The molecule has 2 atom stereocenters. The fourth-order valence-electron chi connectivity index (χ4n) is 5.20. The van der Waals surface area contributed by atoms with Gasteiger partial charge in [0, 0.05) is 19.3 Å². The highest BCUT2D eigenvalue weighted by atomic mass is 28.4. The molecule has 0 spiro atoms. The SMILES string of the molecule is CC(C)(C)[Si](C)(C)OCc1ccc(COC(=O)N2CCC[C@@H]3[C@H]2CCN3c2ncnc3[nH]ccc23)cc1. The molecule has 8 nitrogen and oxygen atoms in total. The first-order valence-electron chi connectivity index (χ1n) is 13.3. The molecular weight excluding hydrogens is 482 g/mol. The third-order valence-corrected chi connectivity index (χ3v) is 12.9. The van der Waals surface area contributed by atoms with Crippen LogP contribution in [0.1, 0.15) is 51.2 Å². The molecule has 2 aliphatic rings. The number of nitrogens with one attached hydrogen (secondary N) is 1. The Hall–Kier alpha value is -2.91. The molecule has 4 heterocycles. The zero-order valence-corrected chi connectivity index (χ0v) is 23.7. The molecule has 198 valence electrons. The molecule has 1 N–H and O–H groups in total. The Morgan fingerprint density at radius 3 is 2.49 bits per heavy atom. The number of likely N-dealkylation sites (tertiary alicyclic amines) is 1. The largest absolute Gasteiger partial charge is 0.445 e. The summed E-state index contributed by atoms with van der Waals surface area (Å²) in [6.45, 7) is 13.8. The van der Waals surface area contributed by atoms with E-state index in [1.54, 1.807) is 6.33 Å². The first-order chi connectivity index (χ1) is 17.6. The van der Waals surface area contributed by atoms with Crippen molar-refractivity contribution in [2.45, 2.75) is 83.5 Å². The standard InChI is InChI=1S/C28H39N5O3Si/c1-28(2,3)37(4,5)36-18-21-10-8-20(9-11-21)17-35-27(34)33-15-6-7-23-24(33)13-16-32(23)26-22-12-14-29-25(22)30-19-31-26/h8-12,14,19,23-24H,6-7,13,15-18H2,1-5H3,(H,29,30,31)/t23-,24-/m1/s1. The Morgan fingerprint density at radius 1 is 1.03 bits per heavy atom. The summed E-state index contributed by atoms with van der Waals surface area (Å²) >= 11 is 0. The summed E-state index contributed by atoms with van der Waals surface area (Å²) in [5.41, 5.74) is 2.98. The summed E-state index contributed by atoms with van der Waals surface area (Å²) in [7, 11) is -1.79. The van der Waals surface area contributed by atoms with Crippen molar-refractivity contribution in [1.82, 2.24) is 19.9 Å². The van der Waals surface area contributed by atoms with Gasteiger partial charge in [0.25, 0.3) is 0 Å². The number of ether oxygens (including phenoxy) is 1. The minimum atomic E-state index is -1.79. The number of aromatic nitrogens is 3. The van der Waals surface area contributed by atoms with Crippen LogP contribution in [0.2, 0.25) is 18.1 Å². The summed E-state index contributed by atoms with van der Waals surface area (Å²) in [6, 6.07) is 10.6. The van der Waals surface area contributed by atoms with Crippen molar-refractivity contribution >= 4 is 31.3 Å². The average Bonchev–Trinajstić information content (AvgIpc) is 3.53. The summed E-state index contributed by atoms with van der Waals surface area (Å²) < 4.78 is 12.1. The Morgan fingerprint density at radius 2 is 1.76 bits per heavy atom. The molecule has 0 saturated carbocycles. The van der Waals surface area contributed by atoms with Gasteiger partial charge in [-0.3, -0.25) is 0 Å². The molecule has 0 bridgehead atoms. The van der Waals surface area contributed by atoms with Gasteiger partial charge in [-0.25, -0.2) is 14.8 Å². The first-order valence-corrected chi connectivity index (χ1v) is 16.2. The van der Waals surface area contributed by atoms with Crippen molar-refractivity contribution in [3.63, 3.8) is 0 Å². The van der Waals surface area contributed by atoms with Gasteiger partial charge in [-0.05, 0) is 54.6 Å². The van der Waals surface area contributed by atoms with Crippen molar-refractivity contribution in [2.24, 2.45) is 0 Å². The molecule has 0 radical (unpaired) electrons. The van der Waals surface area contributed by atoms with Crippen LogP contribution in [0.15, 0.2) is 42.9 Å².